The van der Waals surface area contributed by atoms with Crippen LogP contribution in [-0.4, -0.2) is 0 Å². The zero-order valence-corrected chi connectivity index (χ0v) is 40.7. The quantitative estimate of drug-likeness (QED) is 0.133. The molecule has 0 saturated heterocycles. The van der Waals surface area contributed by atoms with E-state index in [1.807, 2.05) is 0 Å². The first-order valence-corrected chi connectivity index (χ1v) is 24.9. The van der Waals surface area contributed by atoms with Crippen molar-refractivity contribution < 1.29 is 0 Å². The van der Waals surface area contributed by atoms with E-state index in [1.54, 1.807) is 0 Å². The molecule has 12 aromatic rings. The van der Waals surface area contributed by atoms with Gasteiger partial charge in [-0.2, -0.15) is 0 Å². The summed E-state index contributed by atoms with van der Waals surface area (Å²) in [5.41, 5.74) is 21.8. The summed E-state index contributed by atoms with van der Waals surface area (Å²) in [6.07, 6.45) is 0. The summed E-state index contributed by atoms with van der Waals surface area (Å²) >= 11 is 0. The van der Waals surface area contributed by atoms with Crippen molar-refractivity contribution in [3.05, 3.63) is 266 Å². The predicted octanol–water partition coefficient (Wildman–Crippen LogP) is 20.1. The van der Waals surface area contributed by atoms with Crippen LogP contribution < -0.4 is 0 Å². The summed E-state index contributed by atoms with van der Waals surface area (Å²) < 4.78 is 0. The highest BCUT2D eigenvalue weighted by molar-refractivity contribution is 6.34. The van der Waals surface area contributed by atoms with Gasteiger partial charge in [0.1, 0.15) is 0 Å². The highest BCUT2D eigenvalue weighted by Crippen LogP contribution is 2.55. The maximum Gasteiger partial charge on any atom is -0.000139 e. The molecule has 0 amide bonds. The first-order valence-electron chi connectivity index (χ1n) is 24.9. The van der Waals surface area contributed by atoms with Crippen LogP contribution in [0.25, 0.3) is 121 Å². The lowest BCUT2D eigenvalue weighted by atomic mass is 9.76. The molecule has 12 aromatic carbocycles. The van der Waals surface area contributed by atoms with Crippen molar-refractivity contribution in [1.82, 2.24) is 0 Å². The van der Waals surface area contributed by atoms with E-state index in [2.05, 4.69) is 282 Å². The predicted molar refractivity (Wildman–Crippen MR) is 306 cm³/mol. The van der Waals surface area contributed by atoms with Crippen LogP contribution in [0, 0.1) is 6.92 Å². The fraction of sp³-hybridized carbons (Fsp3) is 0.0704. The van der Waals surface area contributed by atoms with E-state index < -0.39 is 0 Å². The average molecular weight is 907 g/mol. The Morgan fingerprint density at radius 1 is 0.225 bits per heavy atom. The zero-order chi connectivity index (χ0) is 48.1. The monoisotopic (exact) mass is 906 g/mol. The summed E-state index contributed by atoms with van der Waals surface area (Å²) in [6.45, 7) is 9.10. The molecule has 0 aliphatic rings. The van der Waals surface area contributed by atoms with E-state index >= 15 is 0 Å². The fourth-order valence-corrected chi connectivity index (χ4v) is 10.8. The minimum atomic E-state index is -0.00412. The van der Waals surface area contributed by atoms with Crippen molar-refractivity contribution in [3.8, 4) is 89.0 Å². The highest BCUT2D eigenvalue weighted by Gasteiger charge is 2.27. The van der Waals surface area contributed by atoms with Gasteiger partial charge in [-0.1, -0.05) is 269 Å². The minimum absolute atomic E-state index is 0.00412. The molecule has 0 heteroatoms. The van der Waals surface area contributed by atoms with Crippen LogP contribution in [0.4, 0.5) is 0 Å². The van der Waals surface area contributed by atoms with Crippen LogP contribution in [0.1, 0.15) is 31.9 Å². The van der Waals surface area contributed by atoms with Gasteiger partial charge in [0, 0.05) is 0 Å². The summed E-state index contributed by atoms with van der Waals surface area (Å²) in [6, 6.07) is 95.0. The van der Waals surface area contributed by atoms with Gasteiger partial charge in [-0.25, -0.2) is 0 Å². The molecule has 0 N–H and O–H groups in total. The summed E-state index contributed by atoms with van der Waals surface area (Å²) in [7, 11) is 0. The van der Waals surface area contributed by atoms with Crippen LogP contribution in [0.2, 0.25) is 0 Å². The third-order valence-corrected chi connectivity index (χ3v) is 14.5. The molecular formula is C71H54. The number of rotatable bonds is 8. The van der Waals surface area contributed by atoms with Crippen molar-refractivity contribution in [2.45, 2.75) is 33.1 Å². The van der Waals surface area contributed by atoms with Crippen molar-refractivity contribution in [2.75, 3.05) is 0 Å². The van der Waals surface area contributed by atoms with Gasteiger partial charge in [0.2, 0.25) is 0 Å². The molecule has 0 fully saturated rings. The fourth-order valence-electron chi connectivity index (χ4n) is 10.8. The van der Waals surface area contributed by atoms with Gasteiger partial charge < -0.3 is 0 Å². The number of hydrogen-bond donors (Lipinski definition) is 0. The Morgan fingerprint density at radius 3 is 0.817 bits per heavy atom. The molecular weight excluding hydrogens is 853 g/mol. The van der Waals surface area contributed by atoms with Crippen LogP contribution in [0.5, 0.6) is 0 Å². The standard InChI is InChI=1S/C71H54/c1-47-25-27-54(28-26-47)67-63-45-58(50-21-13-7-14-22-50)39-43-61(63)66(56-35-31-53(32-36-56)49-19-11-6-12-20-49)70-68(57-37-41-60(42-38-57)71(2,3)4)64-46-59(51-23-15-8-16-24-51)40-44-62(64)65(69(67)70)55-33-29-52(30-34-55)48-17-9-5-10-18-48/h5-46H,1-4H3. The molecule has 12 rings (SSSR count). The SMILES string of the molecule is Cc1ccc(-c2c3cc(-c4ccccc4)ccc3c(-c3ccc(-c4ccccc4)cc3)c3c(-c4ccc(C(C)(C)C)cc4)c4cc(-c5ccccc5)ccc4c(-c4ccc(-c5ccccc5)cc4)c23)cc1. The Bertz CT molecular complexity index is 3860. The molecule has 0 unspecified atom stereocenters. The Hall–Kier alpha value is -8.58. The Labute approximate surface area is 418 Å². The van der Waals surface area contributed by atoms with E-state index in [0.29, 0.717) is 0 Å². The van der Waals surface area contributed by atoms with Crippen LogP contribution >= 0.6 is 0 Å². The summed E-state index contributed by atoms with van der Waals surface area (Å²) in [4.78, 5) is 0. The van der Waals surface area contributed by atoms with E-state index in [1.165, 1.54) is 132 Å². The first-order chi connectivity index (χ1) is 34.8. The van der Waals surface area contributed by atoms with Gasteiger partial charge in [0.05, 0.1) is 0 Å². The number of aryl methyl sites for hydroxylation is 1. The van der Waals surface area contributed by atoms with Crippen molar-refractivity contribution >= 4 is 32.3 Å². The van der Waals surface area contributed by atoms with Gasteiger partial charge in [-0.05, 0) is 151 Å². The van der Waals surface area contributed by atoms with E-state index in [0.717, 1.165) is 0 Å². The van der Waals surface area contributed by atoms with Gasteiger partial charge in [-0.15, -0.1) is 0 Å². The molecule has 0 bridgehead atoms. The third kappa shape index (κ3) is 8.12. The molecule has 338 valence electrons. The Balaban J connectivity index is 1.32. The third-order valence-electron chi connectivity index (χ3n) is 14.5. The number of fused-ring (bicyclic) bond motifs is 3. The molecule has 0 saturated carbocycles. The molecule has 0 atom stereocenters. The van der Waals surface area contributed by atoms with Crippen LogP contribution in [0.15, 0.2) is 255 Å². The van der Waals surface area contributed by atoms with Gasteiger partial charge in [-0.3, -0.25) is 0 Å². The Morgan fingerprint density at radius 2 is 0.479 bits per heavy atom. The van der Waals surface area contributed by atoms with E-state index in [4.69, 9.17) is 0 Å². The topological polar surface area (TPSA) is 0 Å². The maximum atomic E-state index is 2.47. The minimum Gasteiger partial charge on any atom is -0.0622 e. The lowest BCUT2D eigenvalue weighted by Crippen LogP contribution is -2.10. The van der Waals surface area contributed by atoms with Crippen LogP contribution in [-0.2, 0) is 5.41 Å². The highest BCUT2D eigenvalue weighted by atomic mass is 14.3. The molecule has 0 aliphatic carbocycles. The molecule has 0 aliphatic heterocycles. The number of hydrogen-bond acceptors (Lipinski definition) is 0. The molecule has 0 heterocycles. The van der Waals surface area contributed by atoms with E-state index in [-0.39, 0.29) is 5.41 Å². The average Bonchev–Trinajstić information content (AvgIpc) is 3.43. The smallest absolute Gasteiger partial charge is 0.000139 e. The van der Waals surface area contributed by atoms with Gasteiger partial charge in [0.25, 0.3) is 0 Å². The summed E-state index contributed by atoms with van der Waals surface area (Å²) in [5, 5.41) is 7.38. The molecule has 71 heavy (non-hydrogen) atoms. The first kappa shape index (κ1) is 43.7. The second kappa shape index (κ2) is 18.1. The van der Waals surface area contributed by atoms with Gasteiger partial charge >= 0.3 is 0 Å². The van der Waals surface area contributed by atoms with Crippen LogP contribution in [0.3, 0.4) is 0 Å². The lowest BCUT2D eigenvalue weighted by Gasteiger charge is -2.26. The second-order valence-electron chi connectivity index (χ2n) is 20.1. The molecule has 0 radical (unpaired) electrons. The van der Waals surface area contributed by atoms with Crippen molar-refractivity contribution in [1.29, 1.82) is 0 Å². The van der Waals surface area contributed by atoms with Gasteiger partial charge in [0.15, 0.2) is 0 Å². The lowest BCUT2D eigenvalue weighted by molar-refractivity contribution is 0.590. The second-order valence-corrected chi connectivity index (χ2v) is 20.1. The summed E-state index contributed by atoms with van der Waals surface area (Å²) in [5.74, 6) is 0. The normalized spacial score (nSPS) is 11.7. The Kier molecular flexibility index (Phi) is 11.1. The van der Waals surface area contributed by atoms with Crippen molar-refractivity contribution in [3.63, 3.8) is 0 Å². The number of benzene rings is 12. The zero-order valence-electron chi connectivity index (χ0n) is 40.7. The van der Waals surface area contributed by atoms with Crippen molar-refractivity contribution in [2.24, 2.45) is 0 Å². The molecule has 0 spiro atoms. The largest absolute Gasteiger partial charge is 0.0622 e. The maximum absolute atomic E-state index is 2.47. The van der Waals surface area contributed by atoms with E-state index in [9.17, 15) is 0 Å². The molecule has 0 aromatic heterocycles. The molecule has 0 nitrogen and oxygen atoms in total.